The first kappa shape index (κ1) is 18.0. The van der Waals surface area contributed by atoms with Gasteiger partial charge in [-0.2, -0.15) is 0 Å². The van der Waals surface area contributed by atoms with Crippen molar-refractivity contribution in [3.8, 4) is 0 Å². The first-order chi connectivity index (χ1) is 11.4. The van der Waals surface area contributed by atoms with E-state index in [0.717, 1.165) is 17.3 Å². The van der Waals surface area contributed by atoms with Crippen LogP contribution in [0.15, 0.2) is 53.4 Å². The number of aliphatic hydroxyl groups excluding tert-OH is 1. The minimum atomic E-state index is -1.44. The van der Waals surface area contributed by atoms with Crippen LogP contribution < -0.4 is 0 Å². The van der Waals surface area contributed by atoms with Crippen molar-refractivity contribution >= 4 is 23.4 Å². The van der Waals surface area contributed by atoms with Crippen LogP contribution >= 0.6 is 11.8 Å². The number of aliphatic hydroxyl groups is 1. The van der Waals surface area contributed by atoms with Crippen molar-refractivity contribution in [2.75, 3.05) is 7.11 Å². The van der Waals surface area contributed by atoms with Crippen molar-refractivity contribution in [2.45, 2.75) is 23.2 Å². The molecule has 1 N–H and O–H groups in total. The summed E-state index contributed by atoms with van der Waals surface area (Å²) in [5.74, 6) is -0.786. The van der Waals surface area contributed by atoms with Crippen LogP contribution in [0.3, 0.4) is 0 Å². The highest BCUT2D eigenvalue weighted by molar-refractivity contribution is 7.99. The van der Waals surface area contributed by atoms with Gasteiger partial charge in [0.25, 0.3) is 5.69 Å². The predicted molar refractivity (Wildman–Crippen MR) is 90.9 cm³/mol. The van der Waals surface area contributed by atoms with Gasteiger partial charge in [0.1, 0.15) is 0 Å². The monoisotopic (exact) mass is 347 g/mol. The van der Waals surface area contributed by atoms with Crippen LogP contribution in [0.25, 0.3) is 0 Å². The molecule has 0 aromatic heterocycles. The van der Waals surface area contributed by atoms with Gasteiger partial charge in [-0.1, -0.05) is 42.0 Å². The standard InChI is InChI=1S/C17H17NO5S/c1-11-7-9-12(10-8-11)16(15(19)17(20)23-2)24-14-6-4-3-5-13(14)18(21)22/h3-10,15-16,19H,1-2H3. The zero-order chi connectivity index (χ0) is 17.7. The molecule has 126 valence electrons. The fourth-order valence-electron chi connectivity index (χ4n) is 2.16. The lowest BCUT2D eigenvalue weighted by molar-refractivity contribution is -0.387. The number of nitrogens with zero attached hydrogens (tertiary/aromatic N) is 1. The number of nitro groups is 1. The molecule has 0 saturated heterocycles. The van der Waals surface area contributed by atoms with Crippen LogP contribution in [0, 0.1) is 17.0 Å². The van der Waals surface area contributed by atoms with E-state index in [1.807, 2.05) is 19.1 Å². The van der Waals surface area contributed by atoms with Gasteiger partial charge >= 0.3 is 5.97 Å². The Bertz CT molecular complexity index is 732. The van der Waals surface area contributed by atoms with Gasteiger partial charge in [0.2, 0.25) is 0 Å². The molecule has 2 unspecified atom stereocenters. The molecule has 2 rings (SSSR count). The van der Waals surface area contributed by atoms with Crippen molar-refractivity contribution in [2.24, 2.45) is 0 Å². The van der Waals surface area contributed by atoms with E-state index in [4.69, 9.17) is 0 Å². The number of hydrogen-bond acceptors (Lipinski definition) is 6. The van der Waals surface area contributed by atoms with Gasteiger partial charge in [-0.25, -0.2) is 4.79 Å². The van der Waals surface area contributed by atoms with Gasteiger partial charge in [0.15, 0.2) is 6.10 Å². The van der Waals surface area contributed by atoms with E-state index < -0.39 is 22.2 Å². The summed E-state index contributed by atoms with van der Waals surface area (Å²) in [7, 11) is 1.19. The first-order valence-electron chi connectivity index (χ1n) is 7.16. The summed E-state index contributed by atoms with van der Waals surface area (Å²) >= 11 is 1.06. The van der Waals surface area contributed by atoms with Gasteiger partial charge in [-0.15, -0.1) is 11.8 Å². The van der Waals surface area contributed by atoms with Crippen LogP contribution in [0.4, 0.5) is 5.69 Å². The smallest absolute Gasteiger partial charge is 0.336 e. The number of esters is 1. The lowest BCUT2D eigenvalue weighted by Crippen LogP contribution is -2.27. The van der Waals surface area contributed by atoms with Gasteiger partial charge in [0.05, 0.1) is 22.2 Å². The van der Waals surface area contributed by atoms with Crippen molar-refractivity contribution in [3.63, 3.8) is 0 Å². The third-order valence-electron chi connectivity index (χ3n) is 3.45. The SMILES string of the molecule is COC(=O)C(O)C(Sc1ccccc1[N+](=O)[O-])c1ccc(C)cc1. The van der Waals surface area contributed by atoms with Crippen LogP contribution in [-0.4, -0.2) is 29.2 Å². The summed E-state index contributed by atoms with van der Waals surface area (Å²) in [6, 6.07) is 13.5. The van der Waals surface area contributed by atoms with Gasteiger partial charge in [-0.3, -0.25) is 10.1 Å². The predicted octanol–water partition coefficient (Wildman–Crippen LogP) is 3.27. The van der Waals surface area contributed by atoms with Crippen molar-refractivity contribution in [1.82, 2.24) is 0 Å². The fourth-order valence-corrected chi connectivity index (χ4v) is 3.39. The number of carbonyl (C=O) groups is 1. The van der Waals surface area contributed by atoms with Gasteiger partial charge in [-0.05, 0) is 18.6 Å². The molecule has 2 atom stereocenters. The molecule has 0 radical (unpaired) electrons. The Morgan fingerprint density at radius 2 is 1.83 bits per heavy atom. The molecule has 0 aliphatic carbocycles. The minimum Gasteiger partial charge on any atom is -0.467 e. The maximum atomic E-state index is 11.8. The average molecular weight is 347 g/mol. The Kier molecular flexibility index (Phi) is 5.94. The Labute approximate surface area is 143 Å². The third kappa shape index (κ3) is 4.12. The number of rotatable bonds is 6. The number of thioether (sulfide) groups is 1. The molecular weight excluding hydrogens is 330 g/mol. The second kappa shape index (κ2) is 7.94. The Hall–Kier alpha value is -2.38. The van der Waals surface area contributed by atoms with Crippen LogP contribution in [-0.2, 0) is 9.53 Å². The minimum absolute atomic E-state index is 0.0725. The van der Waals surface area contributed by atoms with Crippen molar-refractivity contribution in [1.29, 1.82) is 0 Å². The second-order valence-corrected chi connectivity index (χ2v) is 6.33. The molecule has 0 aliphatic heterocycles. The van der Waals surface area contributed by atoms with E-state index in [9.17, 15) is 20.0 Å². The highest BCUT2D eigenvalue weighted by atomic mass is 32.2. The van der Waals surface area contributed by atoms with Crippen molar-refractivity contribution < 1.29 is 19.6 Å². The zero-order valence-corrected chi connectivity index (χ0v) is 14.0. The summed E-state index contributed by atoms with van der Waals surface area (Å²) < 4.78 is 4.62. The molecular formula is C17H17NO5S. The van der Waals surface area contributed by atoms with E-state index >= 15 is 0 Å². The molecule has 7 heteroatoms. The topological polar surface area (TPSA) is 89.7 Å². The number of para-hydroxylation sites is 1. The normalized spacial score (nSPS) is 13.1. The molecule has 0 heterocycles. The highest BCUT2D eigenvalue weighted by Crippen LogP contribution is 2.42. The van der Waals surface area contributed by atoms with Gasteiger partial charge < -0.3 is 9.84 Å². The summed E-state index contributed by atoms with van der Waals surface area (Å²) in [6.45, 7) is 1.92. The molecule has 24 heavy (non-hydrogen) atoms. The number of methoxy groups -OCH3 is 1. The maximum Gasteiger partial charge on any atom is 0.336 e. The number of ether oxygens (including phenoxy) is 1. The summed E-state index contributed by atoms with van der Waals surface area (Å²) in [5.41, 5.74) is 1.64. The molecule has 0 bridgehead atoms. The van der Waals surface area contributed by atoms with Crippen LogP contribution in [0.2, 0.25) is 0 Å². The molecule has 2 aromatic carbocycles. The highest BCUT2D eigenvalue weighted by Gasteiger charge is 2.31. The number of hydrogen-bond donors (Lipinski definition) is 1. The summed E-state index contributed by atoms with van der Waals surface area (Å²) in [5, 5.41) is 20.8. The Balaban J connectivity index is 2.42. The lowest BCUT2D eigenvalue weighted by atomic mass is 10.1. The van der Waals surface area contributed by atoms with E-state index in [2.05, 4.69) is 4.74 Å². The van der Waals surface area contributed by atoms with E-state index in [0.29, 0.717) is 10.5 Å². The Morgan fingerprint density at radius 3 is 2.42 bits per heavy atom. The molecule has 0 spiro atoms. The molecule has 0 amide bonds. The number of aryl methyl sites for hydroxylation is 1. The second-order valence-electron chi connectivity index (χ2n) is 5.14. The van der Waals surface area contributed by atoms with Crippen LogP contribution in [0.5, 0.6) is 0 Å². The zero-order valence-electron chi connectivity index (χ0n) is 13.2. The maximum absolute atomic E-state index is 11.8. The Morgan fingerprint density at radius 1 is 1.21 bits per heavy atom. The third-order valence-corrected chi connectivity index (χ3v) is 4.83. The van der Waals surface area contributed by atoms with Gasteiger partial charge in [0, 0.05) is 6.07 Å². The largest absolute Gasteiger partial charge is 0.467 e. The first-order valence-corrected chi connectivity index (χ1v) is 8.04. The summed E-state index contributed by atoms with van der Waals surface area (Å²) in [6.07, 6.45) is -1.44. The molecule has 6 nitrogen and oxygen atoms in total. The van der Waals surface area contributed by atoms with E-state index in [1.165, 1.54) is 13.2 Å². The molecule has 0 fully saturated rings. The van der Waals surface area contributed by atoms with Crippen molar-refractivity contribution in [3.05, 3.63) is 69.8 Å². The van der Waals surface area contributed by atoms with Crippen LogP contribution in [0.1, 0.15) is 16.4 Å². The quantitative estimate of drug-likeness (QED) is 0.373. The van der Waals surface area contributed by atoms with E-state index in [1.54, 1.807) is 30.3 Å². The average Bonchev–Trinajstić information content (AvgIpc) is 2.59. The molecule has 2 aromatic rings. The fraction of sp³-hybridized carbons (Fsp3) is 0.235. The number of carbonyl (C=O) groups excluding carboxylic acids is 1. The van der Waals surface area contributed by atoms with E-state index in [-0.39, 0.29) is 5.69 Å². The molecule has 0 aliphatic rings. The number of nitro benzene ring substituents is 1. The summed E-state index contributed by atoms with van der Waals surface area (Å²) in [4.78, 5) is 22.8. The lowest BCUT2D eigenvalue weighted by Gasteiger charge is -2.21. The molecule has 0 saturated carbocycles. The number of benzene rings is 2.